The minimum absolute atomic E-state index is 0.111. The highest BCUT2D eigenvalue weighted by Gasteiger charge is 1.52. The van der Waals surface area contributed by atoms with Crippen LogP contribution in [0.25, 0.3) is 4.85 Å². The molecule has 0 bridgehead atoms. The minimum Gasteiger partial charge on any atom is -0.329 e. The van der Waals surface area contributed by atoms with Crippen molar-refractivity contribution in [2.75, 3.05) is 6.44 Å². The fourth-order valence-electron chi connectivity index (χ4n) is 0. The Hall–Kier alpha value is -0.445. The molecule has 0 aliphatic rings. The Morgan fingerprint density at radius 2 is 2.25 bits per heavy atom. The van der Waals surface area contributed by atoms with E-state index >= 15 is 0 Å². The third kappa shape index (κ3) is 1.55. The van der Waals surface area contributed by atoms with E-state index in [0.717, 1.165) is 0 Å². The van der Waals surface area contributed by atoms with Gasteiger partial charge in [-0.25, -0.2) is 6.57 Å². The van der Waals surface area contributed by atoms with Crippen LogP contribution in [0.5, 0.6) is 0 Å². The lowest BCUT2D eigenvalue weighted by molar-refractivity contribution is 1.77. The van der Waals surface area contributed by atoms with Crippen molar-refractivity contribution in [2.24, 2.45) is 0 Å². The first-order valence-corrected chi connectivity index (χ1v) is 0.948. The standard InChI is InChI=1S/C2H2BN/c1-4-2-3/h2H2. The number of nitrogens with zero attached hydrogens (tertiary/aromatic N) is 1. The van der Waals surface area contributed by atoms with E-state index in [0.29, 0.717) is 0 Å². The van der Waals surface area contributed by atoms with Gasteiger partial charge in [0.2, 0.25) is 0 Å². The molecule has 0 rings (SSSR count). The highest BCUT2D eigenvalue weighted by molar-refractivity contribution is 6.09. The molecule has 0 atom stereocenters. The van der Waals surface area contributed by atoms with E-state index in [1.54, 1.807) is 0 Å². The van der Waals surface area contributed by atoms with Gasteiger partial charge < -0.3 is 4.85 Å². The molecule has 0 aromatic rings. The van der Waals surface area contributed by atoms with Crippen molar-refractivity contribution in [3.05, 3.63) is 11.4 Å². The zero-order valence-corrected chi connectivity index (χ0v) is 2.23. The van der Waals surface area contributed by atoms with Crippen molar-refractivity contribution >= 4 is 7.85 Å². The maximum atomic E-state index is 5.95. The van der Waals surface area contributed by atoms with Gasteiger partial charge in [-0.3, -0.25) is 0 Å². The molecule has 0 aromatic heterocycles. The van der Waals surface area contributed by atoms with E-state index in [2.05, 4.69) is 12.7 Å². The van der Waals surface area contributed by atoms with Gasteiger partial charge in [-0.15, -0.1) is 0 Å². The molecule has 0 saturated heterocycles. The second-order valence-electron chi connectivity index (χ2n) is 0.341. The third-order valence-electron chi connectivity index (χ3n) is 0.0913. The van der Waals surface area contributed by atoms with E-state index in [-0.39, 0.29) is 6.44 Å². The van der Waals surface area contributed by atoms with Crippen LogP contribution in [0.4, 0.5) is 0 Å². The third-order valence-corrected chi connectivity index (χ3v) is 0.0913. The van der Waals surface area contributed by atoms with Gasteiger partial charge in [0.15, 0.2) is 14.3 Å². The molecule has 0 aliphatic carbocycles. The molecule has 0 amide bonds. The summed E-state index contributed by atoms with van der Waals surface area (Å²) in [5, 5.41) is 0. The molecule has 1 nitrogen and oxygen atoms in total. The smallest absolute Gasteiger partial charge is 0.185 e. The summed E-state index contributed by atoms with van der Waals surface area (Å²) in [5.74, 6) is 0. The van der Waals surface area contributed by atoms with Crippen LogP contribution in [0.15, 0.2) is 0 Å². The van der Waals surface area contributed by atoms with Gasteiger partial charge in [-0.1, -0.05) is 0 Å². The van der Waals surface area contributed by atoms with E-state index in [9.17, 15) is 0 Å². The topological polar surface area (TPSA) is 4.36 Å². The molecule has 0 fully saturated rings. The molecular formula is C2H2BN. The van der Waals surface area contributed by atoms with Crippen LogP contribution >= 0.6 is 0 Å². The summed E-state index contributed by atoms with van der Waals surface area (Å²) < 4.78 is 0. The Labute approximate surface area is 26.9 Å². The van der Waals surface area contributed by atoms with Gasteiger partial charge >= 0.3 is 0 Å². The van der Waals surface area contributed by atoms with Crippen molar-refractivity contribution in [3.8, 4) is 0 Å². The summed E-state index contributed by atoms with van der Waals surface area (Å²) in [5.41, 5.74) is 0. The number of hydrogen-bond donors (Lipinski definition) is 0. The highest BCUT2D eigenvalue weighted by atomic mass is 14.6. The summed E-state index contributed by atoms with van der Waals surface area (Å²) in [6.45, 7) is 5.95. The van der Waals surface area contributed by atoms with Gasteiger partial charge in [0.25, 0.3) is 0 Å². The van der Waals surface area contributed by atoms with Crippen LogP contribution in [0, 0.1) is 6.57 Å². The summed E-state index contributed by atoms with van der Waals surface area (Å²) in [6, 6.07) is 0. The molecule has 0 heterocycles. The Morgan fingerprint density at radius 3 is 2.25 bits per heavy atom. The van der Waals surface area contributed by atoms with Crippen molar-refractivity contribution in [3.63, 3.8) is 0 Å². The van der Waals surface area contributed by atoms with Crippen molar-refractivity contribution in [1.29, 1.82) is 0 Å². The Balaban J connectivity index is 2.43. The predicted molar refractivity (Wildman–Crippen MR) is 17.2 cm³/mol. The quantitative estimate of drug-likeness (QED) is 0.270. The van der Waals surface area contributed by atoms with Gasteiger partial charge in [-0.05, 0) is 0 Å². The second-order valence-corrected chi connectivity index (χ2v) is 0.341. The number of hydrogen-bond acceptors (Lipinski definition) is 0. The van der Waals surface area contributed by atoms with Crippen LogP contribution in [0.1, 0.15) is 0 Å². The van der Waals surface area contributed by atoms with Crippen molar-refractivity contribution in [1.82, 2.24) is 0 Å². The van der Waals surface area contributed by atoms with Crippen LogP contribution in [0.2, 0.25) is 0 Å². The first-order valence-electron chi connectivity index (χ1n) is 0.948. The lowest BCUT2D eigenvalue weighted by Crippen LogP contribution is -1.61. The van der Waals surface area contributed by atoms with E-state index in [1.807, 2.05) is 0 Å². The molecule has 2 radical (unpaired) electrons. The number of rotatable bonds is 0. The zero-order chi connectivity index (χ0) is 3.41. The van der Waals surface area contributed by atoms with Crippen molar-refractivity contribution in [2.45, 2.75) is 0 Å². The van der Waals surface area contributed by atoms with Gasteiger partial charge in [-0.2, -0.15) is 0 Å². The Bertz CT molecular complexity index is 35.8. The molecule has 4 heavy (non-hydrogen) atoms. The summed E-state index contributed by atoms with van der Waals surface area (Å²) >= 11 is 0. The molecule has 18 valence electrons. The summed E-state index contributed by atoms with van der Waals surface area (Å²) in [4.78, 5) is 2.76. The average Bonchev–Trinajstić information content (AvgIpc) is 1.37. The Kier molecular flexibility index (Phi) is 2.27. The monoisotopic (exact) mass is 51.0 g/mol. The van der Waals surface area contributed by atoms with E-state index in [1.165, 1.54) is 0 Å². The largest absolute Gasteiger partial charge is 0.329 e. The zero-order valence-electron chi connectivity index (χ0n) is 2.23. The SMILES string of the molecule is [B]C[N+]#[C-]. The van der Waals surface area contributed by atoms with Gasteiger partial charge in [0.05, 0.1) is 0 Å². The van der Waals surface area contributed by atoms with Gasteiger partial charge in [0, 0.05) is 0 Å². The van der Waals surface area contributed by atoms with Crippen LogP contribution in [0.3, 0.4) is 0 Å². The first kappa shape index (κ1) is 3.55. The molecular weight excluding hydrogens is 48.8 g/mol. The fraction of sp³-hybridized carbons (Fsp3) is 0.500. The molecule has 0 saturated carbocycles. The minimum atomic E-state index is 0.111. The fourth-order valence-corrected chi connectivity index (χ4v) is 0. The van der Waals surface area contributed by atoms with Crippen LogP contribution in [-0.4, -0.2) is 14.3 Å². The van der Waals surface area contributed by atoms with Crippen molar-refractivity contribution < 1.29 is 0 Å². The molecule has 0 unspecified atom stereocenters. The lowest BCUT2D eigenvalue weighted by Gasteiger charge is -1.51. The molecule has 2 heteroatoms. The normalized spacial score (nSPS) is 4.75. The second kappa shape index (κ2) is 2.55. The maximum absolute atomic E-state index is 5.95. The molecule has 0 N–H and O–H groups in total. The molecule has 0 spiro atoms. The molecule has 0 aromatic carbocycles. The van der Waals surface area contributed by atoms with Crippen LogP contribution < -0.4 is 0 Å². The first-order chi connectivity index (χ1) is 1.91. The summed E-state index contributed by atoms with van der Waals surface area (Å²) in [7, 11) is 4.67. The Morgan fingerprint density at radius 1 is 2.00 bits per heavy atom. The van der Waals surface area contributed by atoms with E-state index < -0.39 is 0 Å². The molecule has 0 aliphatic heterocycles. The average molecular weight is 50.9 g/mol. The van der Waals surface area contributed by atoms with Crippen LogP contribution in [-0.2, 0) is 0 Å². The lowest BCUT2D eigenvalue weighted by atomic mass is 10.2. The van der Waals surface area contributed by atoms with E-state index in [4.69, 9.17) is 6.57 Å². The summed E-state index contributed by atoms with van der Waals surface area (Å²) in [6.07, 6.45) is 0.111. The highest BCUT2D eigenvalue weighted by Crippen LogP contribution is 1.44. The van der Waals surface area contributed by atoms with Gasteiger partial charge in [0.1, 0.15) is 0 Å². The predicted octanol–water partition coefficient (Wildman–Crippen LogP) is 0.0317. The maximum Gasteiger partial charge on any atom is 0.185 e.